The van der Waals surface area contributed by atoms with Crippen LogP contribution in [-0.4, -0.2) is 17.5 Å². The zero-order valence-corrected chi connectivity index (χ0v) is 20.5. The number of benzene rings is 2. The average Bonchev–Trinajstić information content (AvgIpc) is 3.01. The summed E-state index contributed by atoms with van der Waals surface area (Å²) in [7, 11) is 0. The Morgan fingerprint density at radius 2 is 1.65 bits per heavy atom. The Bertz CT molecular complexity index is 1230. The van der Waals surface area contributed by atoms with Crippen molar-refractivity contribution in [1.82, 2.24) is 5.32 Å². The van der Waals surface area contributed by atoms with Crippen LogP contribution in [0.5, 0.6) is 5.75 Å². The number of carbonyl (C=O) groups excluding carboxylic acids is 2. The third kappa shape index (κ3) is 4.60. The molecule has 0 radical (unpaired) electrons. The van der Waals surface area contributed by atoms with E-state index in [1.54, 1.807) is 6.07 Å². The molecule has 1 fully saturated rings. The van der Waals surface area contributed by atoms with E-state index in [0.29, 0.717) is 22.9 Å². The van der Waals surface area contributed by atoms with Gasteiger partial charge in [-0.2, -0.15) is 0 Å². The van der Waals surface area contributed by atoms with E-state index < -0.39 is 17.5 Å². The molecule has 0 saturated carbocycles. The lowest BCUT2D eigenvalue weighted by atomic mass is 9.62. The number of carbonyl (C=O) groups is 2. The Morgan fingerprint density at radius 3 is 2.21 bits per heavy atom. The molecular formula is C26H26F3NO3S. The molecule has 1 heterocycles. The highest BCUT2D eigenvalue weighted by Gasteiger charge is 2.38. The zero-order chi connectivity index (χ0) is 25.1. The molecular weight excluding hydrogens is 463 g/mol. The fourth-order valence-corrected chi connectivity index (χ4v) is 5.39. The normalized spacial score (nSPS) is 20.3. The number of nitrogens with one attached hydrogen (secondary N) is 1. The van der Waals surface area contributed by atoms with Crippen LogP contribution in [-0.2, 0) is 15.6 Å². The van der Waals surface area contributed by atoms with E-state index in [4.69, 9.17) is 0 Å². The van der Waals surface area contributed by atoms with E-state index in [1.165, 1.54) is 23.8 Å². The van der Waals surface area contributed by atoms with Crippen molar-refractivity contribution in [2.75, 3.05) is 0 Å². The van der Waals surface area contributed by atoms with Crippen LogP contribution >= 0.6 is 11.8 Å². The van der Waals surface area contributed by atoms with Gasteiger partial charge in [-0.05, 0) is 88.4 Å². The number of alkyl halides is 3. The van der Waals surface area contributed by atoms with E-state index in [2.05, 4.69) is 43.8 Å². The largest absolute Gasteiger partial charge is 0.573 e. The quantitative estimate of drug-likeness (QED) is 0.462. The Kier molecular flexibility index (Phi) is 5.87. The Hall–Kier alpha value is -2.74. The lowest BCUT2D eigenvalue weighted by Crippen LogP contribution is -2.34. The van der Waals surface area contributed by atoms with Crippen LogP contribution in [0.4, 0.5) is 18.0 Å². The second-order valence-corrected chi connectivity index (χ2v) is 11.1. The fourth-order valence-electron chi connectivity index (χ4n) is 4.72. The topological polar surface area (TPSA) is 55.4 Å². The van der Waals surface area contributed by atoms with Crippen LogP contribution in [0.3, 0.4) is 0 Å². The van der Waals surface area contributed by atoms with Crippen molar-refractivity contribution in [2.45, 2.75) is 64.7 Å². The predicted octanol–water partition coefficient (Wildman–Crippen LogP) is 7.23. The van der Waals surface area contributed by atoms with Crippen LogP contribution in [0.25, 0.3) is 17.2 Å². The molecule has 2 aliphatic rings. The molecule has 1 aliphatic heterocycles. The maximum atomic E-state index is 13.3. The first-order chi connectivity index (χ1) is 15.7. The van der Waals surface area contributed by atoms with Gasteiger partial charge >= 0.3 is 6.36 Å². The van der Waals surface area contributed by atoms with Crippen molar-refractivity contribution in [3.63, 3.8) is 0 Å². The summed E-state index contributed by atoms with van der Waals surface area (Å²) in [6.45, 7) is 10.5. The maximum absolute atomic E-state index is 13.3. The van der Waals surface area contributed by atoms with Crippen molar-refractivity contribution in [1.29, 1.82) is 0 Å². The minimum absolute atomic E-state index is 0.0557. The van der Waals surface area contributed by atoms with E-state index in [0.717, 1.165) is 24.0 Å². The molecule has 1 N–H and O–H groups in total. The van der Waals surface area contributed by atoms with Gasteiger partial charge in [-0.3, -0.25) is 14.9 Å². The Balaban J connectivity index is 1.99. The molecule has 0 spiro atoms. The lowest BCUT2D eigenvalue weighted by molar-refractivity contribution is -0.274. The van der Waals surface area contributed by atoms with Gasteiger partial charge in [-0.25, -0.2) is 0 Å². The first-order valence-electron chi connectivity index (χ1n) is 11.0. The van der Waals surface area contributed by atoms with Gasteiger partial charge in [0.1, 0.15) is 5.75 Å². The molecule has 8 heteroatoms. The van der Waals surface area contributed by atoms with Crippen LogP contribution in [0, 0.1) is 6.92 Å². The third-order valence-electron chi connectivity index (χ3n) is 6.68. The Labute approximate surface area is 201 Å². The maximum Gasteiger partial charge on any atom is 0.573 e. The summed E-state index contributed by atoms with van der Waals surface area (Å²) in [6, 6.07) is 8.37. The summed E-state index contributed by atoms with van der Waals surface area (Å²) in [5, 5.41) is 1.66. The minimum atomic E-state index is -4.89. The summed E-state index contributed by atoms with van der Waals surface area (Å²) in [5.41, 5.74) is 4.08. The van der Waals surface area contributed by atoms with Gasteiger partial charge in [-0.1, -0.05) is 45.9 Å². The van der Waals surface area contributed by atoms with Gasteiger partial charge in [0.05, 0.1) is 4.91 Å². The minimum Gasteiger partial charge on any atom is -0.405 e. The van der Waals surface area contributed by atoms with Crippen molar-refractivity contribution in [3.8, 4) is 16.9 Å². The first-order valence-corrected chi connectivity index (χ1v) is 11.8. The van der Waals surface area contributed by atoms with E-state index in [1.807, 2.05) is 13.0 Å². The molecule has 4 rings (SSSR count). The van der Waals surface area contributed by atoms with Crippen LogP contribution < -0.4 is 10.1 Å². The summed E-state index contributed by atoms with van der Waals surface area (Å²) in [5.74, 6) is -0.930. The predicted molar refractivity (Wildman–Crippen MR) is 128 cm³/mol. The molecule has 2 aromatic rings. The summed E-state index contributed by atoms with van der Waals surface area (Å²) in [6.07, 6.45) is -1.49. The summed E-state index contributed by atoms with van der Waals surface area (Å²) >= 11 is 0.716. The van der Waals surface area contributed by atoms with Crippen LogP contribution in [0.1, 0.15) is 62.8 Å². The number of imide groups is 1. The average molecular weight is 490 g/mol. The van der Waals surface area contributed by atoms with Crippen molar-refractivity contribution >= 4 is 29.0 Å². The van der Waals surface area contributed by atoms with Gasteiger partial charge < -0.3 is 4.74 Å². The molecule has 1 aliphatic carbocycles. The van der Waals surface area contributed by atoms with Crippen molar-refractivity contribution in [3.05, 3.63) is 57.5 Å². The SMILES string of the molecule is Cc1cc2c(cc1-c1c(/C=C3\SC(=O)NC3=O)cccc1OC(F)(F)F)C(C)(C)CCC2(C)C. The number of ether oxygens (including phenoxy) is 1. The third-order valence-corrected chi connectivity index (χ3v) is 7.49. The second kappa shape index (κ2) is 8.18. The number of aryl methyl sites for hydroxylation is 1. The highest BCUT2D eigenvalue weighted by Crippen LogP contribution is 2.49. The number of rotatable bonds is 3. The molecule has 0 unspecified atom stereocenters. The number of hydrogen-bond donors (Lipinski definition) is 1. The number of fused-ring (bicyclic) bond motifs is 1. The van der Waals surface area contributed by atoms with Crippen LogP contribution in [0.15, 0.2) is 35.2 Å². The molecule has 2 aromatic carbocycles. The van der Waals surface area contributed by atoms with Crippen LogP contribution in [0.2, 0.25) is 0 Å². The molecule has 0 aromatic heterocycles. The Morgan fingerprint density at radius 1 is 1.03 bits per heavy atom. The molecule has 0 atom stereocenters. The van der Waals surface area contributed by atoms with Gasteiger partial charge in [0, 0.05) is 5.56 Å². The lowest BCUT2D eigenvalue weighted by Gasteiger charge is -2.42. The van der Waals surface area contributed by atoms with Gasteiger partial charge in [-0.15, -0.1) is 13.2 Å². The van der Waals surface area contributed by atoms with E-state index in [9.17, 15) is 22.8 Å². The molecule has 2 amide bonds. The number of amides is 2. The highest BCUT2D eigenvalue weighted by molar-refractivity contribution is 8.18. The second-order valence-electron chi connectivity index (χ2n) is 10.1. The number of thioether (sulfide) groups is 1. The zero-order valence-electron chi connectivity index (χ0n) is 19.6. The molecule has 34 heavy (non-hydrogen) atoms. The van der Waals surface area contributed by atoms with Crippen molar-refractivity contribution in [2.24, 2.45) is 0 Å². The monoisotopic (exact) mass is 489 g/mol. The first kappa shape index (κ1) is 24.4. The number of hydrogen-bond acceptors (Lipinski definition) is 4. The van der Waals surface area contributed by atoms with Gasteiger partial charge in [0.25, 0.3) is 11.1 Å². The van der Waals surface area contributed by atoms with Gasteiger partial charge in [0.2, 0.25) is 0 Å². The summed E-state index contributed by atoms with van der Waals surface area (Å²) < 4.78 is 44.4. The fraction of sp³-hybridized carbons (Fsp3) is 0.385. The molecule has 4 nitrogen and oxygen atoms in total. The molecule has 180 valence electrons. The van der Waals surface area contributed by atoms with E-state index in [-0.39, 0.29) is 27.0 Å². The molecule has 0 bridgehead atoms. The number of halogens is 3. The molecule has 1 saturated heterocycles. The van der Waals surface area contributed by atoms with Crippen molar-refractivity contribution < 1.29 is 27.5 Å². The summed E-state index contributed by atoms with van der Waals surface area (Å²) in [4.78, 5) is 23.9. The standard InChI is InChI=1S/C26H26F3NO3S/c1-14-11-17-18(25(4,5)10-9-24(17,2)3)13-16(14)21-15(12-20-22(31)30-23(32)34-20)7-6-8-19(21)33-26(27,28)29/h6-8,11-13H,9-10H2,1-5H3,(H,30,31,32)/b20-12-. The smallest absolute Gasteiger partial charge is 0.405 e. The van der Waals surface area contributed by atoms with Gasteiger partial charge in [0.15, 0.2) is 0 Å². The highest BCUT2D eigenvalue weighted by atomic mass is 32.2. The van der Waals surface area contributed by atoms with E-state index >= 15 is 0 Å².